The normalized spacial score (nSPS) is 13.8. The molecule has 6 heteroatoms. The molecule has 0 spiro atoms. The smallest absolute Gasteiger partial charge is 0.243 e. The van der Waals surface area contributed by atoms with Gasteiger partial charge in [0.15, 0.2) is 0 Å². The van der Waals surface area contributed by atoms with Crippen LogP contribution in [0.3, 0.4) is 0 Å². The van der Waals surface area contributed by atoms with Gasteiger partial charge in [-0.3, -0.25) is 0 Å². The van der Waals surface area contributed by atoms with Crippen LogP contribution in [0.2, 0.25) is 0 Å². The Morgan fingerprint density at radius 2 is 1.70 bits per heavy atom. The fourth-order valence-electron chi connectivity index (χ4n) is 1.87. The molecule has 1 aromatic rings. The molecule has 0 aromatic heterocycles. The second kappa shape index (κ2) is 7.06. The zero-order chi connectivity index (χ0) is 15.3. The van der Waals surface area contributed by atoms with Crippen molar-refractivity contribution in [2.24, 2.45) is 5.92 Å². The minimum Gasteiger partial charge on any atom is -0.497 e. The first-order valence-electron chi connectivity index (χ1n) is 6.59. The Kier molecular flexibility index (Phi) is 5.98. The van der Waals surface area contributed by atoms with E-state index in [1.807, 2.05) is 13.8 Å². The molecular formula is C14H23NO4S. The van der Waals surface area contributed by atoms with Crippen molar-refractivity contribution in [2.75, 3.05) is 20.2 Å². The van der Waals surface area contributed by atoms with Crippen LogP contribution in [-0.2, 0) is 10.0 Å². The van der Waals surface area contributed by atoms with Crippen molar-refractivity contribution in [3.05, 3.63) is 24.3 Å². The van der Waals surface area contributed by atoms with Crippen molar-refractivity contribution in [3.8, 4) is 5.75 Å². The van der Waals surface area contributed by atoms with Gasteiger partial charge in [0, 0.05) is 13.1 Å². The molecule has 0 fully saturated rings. The highest BCUT2D eigenvalue weighted by Gasteiger charge is 2.26. The fraction of sp³-hybridized carbons (Fsp3) is 0.571. The molecule has 0 heterocycles. The van der Waals surface area contributed by atoms with E-state index in [1.165, 1.54) is 23.5 Å². The van der Waals surface area contributed by atoms with Gasteiger partial charge in [-0.15, -0.1) is 0 Å². The molecule has 0 aliphatic carbocycles. The molecule has 1 atom stereocenters. The molecule has 114 valence electrons. The number of methoxy groups -OCH3 is 1. The molecule has 0 bridgehead atoms. The molecule has 0 saturated carbocycles. The highest BCUT2D eigenvalue weighted by Crippen LogP contribution is 2.20. The summed E-state index contributed by atoms with van der Waals surface area (Å²) in [7, 11) is -2.07. The molecule has 0 radical (unpaired) electrons. The Labute approximate surface area is 121 Å². The monoisotopic (exact) mass is 301 g/mol. The summed E-state index contributed by atoms with van der Waals surface area (Å²) in [6, 6.07) is 6.26. The molecule has 0 aliphatic heterocycles. The Hall–Kier alpha value is -1.11. The van der Waals surface area contributed by atoms with Crippen molar-refractivity contribution in [3.63, 3.8) is 0 Å². The topological polar surface area (TPSA) is 66.8 Å². The minimum atomic E-state index is -3.60. The maximum Gasteiger partial charge on any atom is 0.243 e. The summed E-state index contributed by atoms with van der Waals surface area (Å²) < 4.78 is 31.5. The van der Waals surface area contributed by atoms with Crippen molar-refractivity contribution in [2.45, 2.75) is 31.8 Å². The van der Waals surface area contributed by atoms with Gasteiger partial charge in [0.05, 0.1) is 18.1 Å². The van der Waals surface area contributed by atoms with Crippen LogP contribution in [0, 0.1) is 5.92 Å². The van der Waals surface area contributed by atoms with E-state index in [1.54, 1.807) is 19.1 Å². The van der Waals surface area contributed by atoms with Gasteiger partial charge in [-0.05, 0) is 37.1 Å². The number of aliphatic hydroxyl groups is 1. The highest BCUT2D eigenvalue weighted by atomic mass is 32.2. The Bertz CT molecular complexity index is 498. The number of aliphatic hydroxyl groups excluding tert-OH is 1. The van der Waals surface area contributed by atoms with Crippen molar-refractivity contribution >= 4 is 10.0 Å². The summed E-state index contributed by atoms with van der Waals surface area (Å²) in [5.41, 5.74) is 0. The lowest BCUT2D eigenvalue weighted by Crippen LogP contribution is -2.38. The third-order valence-corrected chi connectivity index (χ3v) is 4.58. The van der Waals surface area contributed by atoms with Crippen molar-refractivity contribution in [1.82, 2.24) is 4.31 Å². The number of sulfonamides is 1. The predicted molar refractivity (Wildman–Crippen MR) is 78.3 cm³/mol. The van der Waals surface area contributed by atoms with Gasteiger partial charge in [0.25, 0.3) is 0 Å². The highest BCUT2D eigenvalue weighted by molar-refractivity contribution is 7.89. The summed E-state index contributed by atoms with van der Waals surface area (Å²) in [6.07, 6.45) is -0.707. The van der Waals surface area contributed by atoms with Crippen LogP contribution in [0.15, 0.2) is 29.2 Å². The lowest BCUT2D eigenvalue weighted by Gasteiger charge is -2.25. The van der Waals surface area contributed by atoms with E-state index in [9.17, 15) is 13.5 Å². The lowest BCUT2D eigenvalue weighted by molar-refractivity contribution is 0.159. The molecule has 0 aliphatic rings. The van der Waals surface area contributed by atoms with Crippen LogP contribution in [-0.4, -0.2) is 44.1 Å². The van der Waals surface area contributed by atoms with Crippen LogP contribution < -0.4 is 4.74 Å². The van der Waals surface area contributed by atoms with Gasteiger partial charge < -0.3 is 9.84 Å². The van der Waals surface area contributed by atoms with E-state index in [0.717, 1.165) is 0 Å². The standard InChI is InChI=1S/C14H23NO4S/c1-11(2)9-15(10-12(3)16)20(17,18)14-7-5-13(19-4)6-8-14/h5-8,11-12,16H,9-10H2,1-4H3. The van der Waals surface area contributed by atoms with E-state index in [0.29, 0.717) is 12.3 Å². The summed E-state index contributed by atoms with van der Waals surface area (Å²) in [5.74, 6) is 0.789. The second-order valence-corrected chi connectivity index (χ2v) is 7.18. The summed E-state index contributed by atoms with van der Waals surface area (Å²) in [5, 5.41) is 9.50. The van der Waals surface area contributed by atoms with Gasteiger partial charge in [-0.25, -0.2) is 8.42 Å². The Balaban J connectivity index is 3.07. The maximum absolute atomic E-state index is 12.6. The first-order valence-corrected chi connectivity index (χ1v) is 8.03. The van der Waals surface area contributed by atoms with Crippen LogP contribution in [0.1, 0.15) is 20.8 Å². The first-order chi connectivity index (χ1) is 9.27. The molecule has 1 aromatic carbocycles. The van der Waals surface area contributed by atoms with E-state index in [2.05, 4.69) is 0 Å². The lowest BCUT2D eigenvalue weighted by atomic mass is 10.2. The molecule has 0 saturated heterocycles. The zero-order valence-corrected chi connectivity index (χ0v) is 13.2. The first kappa shape index (κ1) is 16.9. The maximum atomic E-state index is 12.6. The van der Waals surface area contributed by atoms with Crippen molar-refractivity contribution < 1.29 is 18.3 Å². The quantitative estimate of drug-likeness (QED) is 0.833. The number of benzene rings is 1. The van der Waals surface area contributed by atoms with Gasteiger partial charge in [-0.1, -0.05) is 13.8 Å². The van der Waals surface area contributed by atoms with Crippen LogP contribution in [0.4, 0.5) is 0 Å². The fourth-order valence-corrected chi connectivity index (χ4v) is 3.55. The zero-order valence-electron chi connectivity index (χ0n) is 12.4. The third-order valence-electron chi connectivity index (χ3n) is 2.73. The van der Waals surface area contributed by atoms with Crippen LogP contribution in [0.5, 0.6) is 5.75 Å². The SMILES string of the molecule is COc1ccc(S(=O)(=O)N(CC(C)C)CC(C)O)cc1. The molecule has 1 N–H and O–H groups in total. The molecule has 0 amide bonds. The van der Waals surface area contributed by atoms with Gasteiger partial charge >= 0.3 is 0 Å². The number of hydrogen-bond acceptors (Lipinski definition) is 4. The van der Waals surface area contributed by atoms with Gasteiger partial charge in [0.2, 0.25) is 10.0 Å². The average Bonchev–Trinajstić information content (AvgIpc) is 2.37. The second-order valence-electron chi connectivity index (χ2n) is 5.24. The number of hydrogen-bond donors (Lipinski definition) is 1. The van der Waals surface area contributed by atoms with Gasteiger partial charge in [0.1, 0.15) is 5.75 Å². The number of nitrogens with zero attached hydrogens (tertiary/aromatic N) is 1. The molecule has 1 rings (SSSR count). The van der Waals surface area contributed by atoms with Crippen LogP contribution >= 0.6 is 0 Å². The molecular weight excluding hydrogens is 278 g/mol. The largest absolute Gasteiger partial charge is 0.497 e. The Morgan fingerprint density at radius 3 is 2.10 bits per heavy atom. The van der Waals surface area contributed by atoms with E-state index in [4.69, 9.17) is 4.74 Å². The van der Waals surface area contributed by atoms with Crippen molar-refractivity contribution in [1.29, 1.82) is 0 Å². The summed E-state index contributed by atoms with van der Waals surface area (Å²) >= 11 is 0. The van der Waals surface area contributed by atoms with Gasteiger partial charge in [-0.2, -0.15) is 4.31 Å². The average molecular weight is 301 g/mol. The minimum absolute atomic E-state index is 0.0898. The molecule has 1 unspecified atom stereocenters. The van der Waals surface area contributed by atoms with E-state index in [-0.39, 0.29) is 17.4 Å². The van der Waals surface area contributed by atoms with E-state index < -0.39 is 16.1 Å². The number of ether oxygens (including phenoxy) is 1. The predicted octanol–water partition coefficient (Wildman–Crippen LogP) is 1.72. The third kappa shape index (κ3) is 4.47. The summed E-state index contributed by atoms with van der Waals surface area (Å²) in [6.45, 7) is 5.93. The molecule has 20 heavy (non-hydrogen) atoms. The van der Waals surface area contributed by atoms with E-state index >= 15 is 0 Å². The number of rotatable bonds is 7. The summed E-state index contributed by atoms with van der Waals surface area (Å²) in [4.78, 5) is 0.208. The van der Waals surface area contributed by atoms with Crippen LogP contribution in [0.25, 0.3) is 0 Å². The molecule has 5 nitrogen and oxygen atoms in total. The Morgan fingerprint density at radius 1 is 1.15 bits per heavy atom.